The molecular formula is C12H11ClN2O. The summed E-state index contributed by atoms with van der Waals surface area (Å²) in [5.74, 6) is 1.26. The molecule has 0 saturated heterocycles. The van der Waals surface area contributed by atoms with E-state index in [1.165, 1.54) is 0 Å². The predicted octanol–water partition coefficient (Wildman–Crippen LogP) is 3.42. The second kappa shape index (κ2) is 4.41. The normalized spacial score (nSPS) is 10.1. The smallest absolute Gasteiger partial charge is 0.148 e. The lowest BCUT2D eigenvalue weighted by Crippen LogP contribution is -1.91. The first kappa shape index (κ1) is 10.8. The lowest BCUT2D eigenvalue weighted by atomic mass is 10.3. The molecule has 0 aliphatic heterocycles. The molecule has 2 rings (SSSR count). The first-order valence-electron chi connectivity index (χ1n) is 4.81. The maximum absolute atomic E-state index is 6.01. The van der Waals surface area contributed by atoms with Crippen LogP contribution in [-0.4, -0.2) is 4.98 Å². The zero-order valence-corrected chi connectivity index (χ0v) is 9.53. The summed E-state index contributed by atoms with van der Waals surface area (Å²) in [5.41, 5.74) is 7.02. The number of benzene rings is 1. The van der Waals surface area contributed by atoms with Gasteiger partial charge in [-0.1, -0.05) is 11.6 Å². The van der Waals surface area contributed by atoms with Gasteiger partial charge in [-0.15, -0.1) is 0 Å². The molecule has 0 saturated carbocycles. The fourth-order valence-corrected chi connectivity index (χ4v) is 1.52. The summed E-state index contributed by atoms with van der Waals surface area (Å²) in [7, 11) is 0. The summed E-state index contributed by atoms with van der Waals surface area (Å²) in [6.45, 7) is 1.88. The van der Waals surface area contributed by atoms with Crippen molar-refractivity contribution in [2.45, 2.75) is 6.92 Å². The van der Waals surface area contributed by atoms with Gasteiger partial charge in [-0.3, -0.25) is 4.98 Å². The summed E-state index contributed by atoms with van der Waals surface area (Å²) in [5, 5.41) is 0.489. The van der Waals surface area contributed by atoms with Gasteiger partial charge in [-0.05, 0) is 37.3 Å². The van der Waals surface area contributed by atoms with Crippen molar-refractivity contribution in [3.8, 4) is 11.5 Å². The number of ether oxygens (including phenoxy) is 1. The topological polar surface area (TPSA) is 48.1 Å². The highest BCUT2D eigenvalue weighted by atomic mass is 35.5. The van der Waals surface area contributed by atoms with Crippen molar-refractivity contribution in [1.82, 2.24) is 4.98 Å². The number of hydrogen-bond donors (Lipinski definition) is 1. The molecule has 2 N–H and O–H groups in total. The first-order chi connectivity index (χ1) is 7.66. The standard InChI is InChI=1S/C12H11ClN2O/c1-8-11(3-2-6-15-8)16-12-5-4-9(14)7-10(12)13/h2-7H,14H2,1H3. The molecule has 0 aliphatic carbocycles. The van der Waals surface area contributed by atoms with E-state index >= 15 is 0 Å². The Morgan fingerprint density at radius 3 is 2.75 bits per heavy atom. The highest BCUT2D eigenvalue weighted by molar-refractivity contribution is 6.32. The van der Waals surface area contributed by atoms with Crippen LogP contribution in [0.2, 0.25) is 5.02 Å². The van der Waals surface area contributed by atoms with Crippen molar-refractivity contribution >= 4 is 17.3 Å². The fourth-order valence-electron chi connectivity index (χ4n) is 1.30. The van der Waals surface area contributed by atoms with E-state index in [1.54, 1.807) is 24.4 Å². The Kier molecular flexibility index (Phi) is 2.97. The van der Waals surface area contributed by atoms with Crippen LogP contribution in [0.25, 0.3) is 0 Å². The molecular weight excluding hydrogens is 224 g/mol. The molecule has 1 aromatic heterocycles. The van der Waals surface area contributed by atoms with E-state index in [4.69, 9.17) is 22.1 Å². The van der Waals surface area contributed by atoms with Crippen LogP contribution in [0.5, 0.6) is 11.5 Å². The molecule has 0 aliphatic rings. The van der Waals surface area contributed by atoms with Gasteiger partial charge in [-0.2, -0.15) is 0 Å². The highest BCUT2D eigenvalue weighted by Gasteiger charge is 2.05. The molecule has 0 unspecified atom stereocenters. The predicted molar refractivity (Wildman–Crippen MR) is 64.9 cm³/mol. The number of anilines is 1. The third kappa shape index (κ3) is 2.25. The molecule has 4 heteroatoms. The molecule has 16 heavy (non-hydrogen) atoms. The molecule has 2 aromatic rings. The van der Waals surface area contributed by atoms with Crippen molar-refractivity contribution in [3.05, 3.63) is 47.2 Å². The summed E-state index contributed by atoms with van der Waals surface area (Å²) in [6.07, 6.45) is 1.72. The third-order valence-corrected chi connectivity index (χ3v) is 2.43. The Labute approximate surface area is 98.8 Å². The molecule has 0 radical (unpaired) electrons. The third-order valence-electron chi connectivity index (χ3n) is 2.13. The van der Waals surface area contributed by atoms with Crippen LogP contribution in [0.3, 0.4) is 0 Å². The van der Waals surface area contributed by atoms with Crippen LogP contribution in [0, 0.1) is 6.92 Å². The second-order valence-electron chi connectivity index (χ2n) is 3.38. The van der Waals surface area contributed by atoms with E-state index in [0.29, 0.717) is 22.2 Å². The largest absolute Gasteiger partial charge is 0.454 e. The van der Waals surface area contributed by atoms with Crippen molar-refractivity contribution in [3.63, 3.8) is 0 Å². The number of halogens is 1. The number of hydrogen-bond acceptors (Lipinski definition) is 3. The van der Waals surface area contributed by atoms with Crippen molar-refractivity contribution in [2.75, 3.05) is 5.73 Å². The molecule has 1 aromatic carbocycles. The molecule has 1 heterocycles. The molecule has 0 fully saturated rings. The van der Waals surface area contributed by atoms with Gasteiger partial charge in [0.2, 0.25) is 0 Å². The SMILES string of the molecule is Cc1ncccc1Oc1ccc(N)cc1Cl. The lowest BCUT2D eigenvalue weighted by Gasteiger charge is -2.09. The van der Waals surface area contributed by atoms with Gasteiger partial charge in [0.1, 0.15) is 11.5 Å². The minimum absolute atomic E-state index is 0.489. The average Bonchev–Trinajstić information content (AvgIpc) is 2.25. The van der Waals surface area contributed by atoms with E-state index in [1.807, 2.05) is 19.1 Å². The zero-order valence-electron chi connectivity index (χ0n) is 8.77. The zero-order chi connectivity index (χ0) is 11.5. The minimum atomic E-state index is 0.489. The quantitative estimate of drug-likeness (QED) is 0.810. The number of aryl methyl sites for hydroxylation is 1. The van der Waals surface area contributed by atoms with E-state index in [-0.39, 0.29) is 0 Å². The summed E-state index contributed by atoms with van der Waals surface area (Å²) in [4.78, 5) is 4.13. The Bertz CT molecular complexity index is 514. The Balaban J connectivity index is 2.31. The summed E-state index contributed by atoms with van der Waals surface area (Å²) in [6, 6.07) is 8.79. The maximum Gasteiger partial charge on any atom is 0.148 e. The average molecular weight is 235 g/mol. The number of nitrogens with two attached hydrogens (primary N) is 1. The minimum Gasteiger partial charge on any atom is -0.454 e. The molecule has 0 amide bonds. The summed E-state index contributed by atoms with van der Waals surface area (Å²) < 4.78 is 5.64. The molecule has 0 atom stereocenters. The van der Waals surface area contributed by atoms with Gasteiger partial charge in [-0.25, -0.2) is 0 Å². The van der Waals surface area contributed by atoms with Crippen LogP contribution >= 0.6 is 11.6 Å². The fraction of sp³-hybridized carbons (Fsp3) is 0.0833. The van der Waals surface area contributed by atoms with Gasteiger partial charge in [0.15, 0.2) is 0 Å². The summed E-state index contributed by atoms with van der Waals surface area (Å²) >= 11 is 6.01. The van der Waals surface area contributed by atoms with E-state index in [2.05, 4.69) is 4.98 Å². The van der Waals surface area contributed by atoms with Gasteiger partial charge in [0, 0.05) is 11.9 Å². The maximum atomic E-state index is 6.01. The van der Waals surface area contributed by atoms with Gasteiger partial charge >= 0.3 is 0 Å². The lowest BCUT2D eigenvalue weighted by molar-refractivity contribution is 0.476. The van der Waals surface area contributed by atoms with Crippen LogP contribution in [-0.2, 0) is 0 Å². The molecule has 82 valence electrons. The van der Waals surface area contributed by atoms with Gasteiger partial charge in [0.05, 0.1) is 10.7 Å². The second-order valence-corrected chi connectivity index (χ2v) is 3.79. The monoisotopic (exact) mass is 234 g/mol. The Morgan fingerprint density at radius 2 is 2.06 bits per heavy atom. The van der Waals surface area contributed by atoms with Crippen LogP contribution in [0.4, 0.5) is 5.69 Å². The highest BCUT2D eigenvalue weighted by Crippen LogP contribution is 2.31. The molecule has 3 nitrogen and oxygen atoms in total. The Morgan fingerprint density at radius 1 is 1.25 bits per heavy atom. The first-order valence-corrected chi connectivity index (χ1v) is 5.19. The number of nitrogens with zero attached hydrogens (tertiary/aromatic N) is 1. The Hall–Kier alpha value is -1.74. The van der Waals surface area contributed by atoms with Crippen molar-refractivity contribution in [2.24, 2.45) is 0 Å². The van der Waals surface area contributed by atoms with Crippen molar-refractivity contribution < 1.29 is 4.74 Å². The number of pyridine rings is 1. The van der Waals surface area contributed by atoms with Gasteiger partial charge in [0.25, 0.3) is 0 Å². The van der Waals surface area contributed by atoms with Crippen LogP contribution in [0.1, 0.15) is 5.69 Å². The molecule has 0 bridgehead atoms. The van der Waals surface area contributed by atoms with Gasteiger partial charge < -0.3 is 10.5 Å². The number of aromatic nitrogens is 1. The van der Waals surface area contributed by atoms with E-state index < -0.39 is 0 Å². The van der Waals surface area contributed by atoms with E-state index in [0.717, 1.165) is 5.69 Å². The van der Waals surface area contributed by atoms with Crippen LogP contribution in [0.15, 0.2) is 36.5 Å². The van der Waals surface area contributed by atoms with Crippen molar-refractivity contribution in [1.29, 1.82) is 0 Å². The van der Waals surface area contributed by atoms with E-state index in [9.17, 15) is 0 Å². The number of nitrogen functional groups attached to an aromatic ring is 1. The molecule has 0 spiro atoms. The van der Waals surface area contributed by atoms with Crippen LogP contribution < -0.4 is 10.5 Å². The number of rotatable bonds is 2.